The van der Waals surface area contributed by atoms with Crippen LogP contribution < -0.4 is 5.32 Å². The normalized spacial score (nSPS) is 18.4. The number of nitrogens with one attached hydrogen (secondary N) is 1. The molecule has 4 rings (SSSR count). The van der Waals surface area contributed by atoms with E-state index in [-0.39, 0.29) is 11.7 Å². The maximum Gasteiger partial charge on any atom is 0.238 e. The number of hydrogen-bond acceptors (Lipinski definition) is 5. The molecule has 1 N–H and O–H groups in total. The van der Waals surface area contributed by atoms with Crippen LogP contribution in [0.1, 0.15) is 24.6 Å². The molecule has 1 aliphatic heterocycles. The number of benzene rings is 1. The van der Waals surface area contributed by atoms with Crippen molar-refractivity contribution in [2.75, 3.05) is 38.0 Å². The van der Waals surface area contributed by atoms with Crippen molar-refractivity contribution in [3.63, 3.8) is 0 Å². The lowest BCUT2D eigenvalue weighted by Gasteiger charge is -2.33. The van der Waals surface area contributed by atoms with Gasteiger partial charge in [-0.3, -0.25) is 14.6 Å². The van der Waals surface area contributed by atoms with Gasteiger partial charge in [-0.05, 0) is 49.3 Å². The van der Waals surface area contributed by atoms with Gasteiger partial charge < -0.3 is 9.88 Å². The number of halogens is 1. The quantitative estimate of drug-likeness (QED) is 0.748. The van der Waals surface area contributed by atoms with Crippen LogP contribution in [0.2, 0.25) is 0 Å². The van der Waals surface area contributed by atoms with Crippen molar-refractivity contribution in [3.8, 4) is 0 Å². The SMILES string of the molecule is Cn1c(C2CC2)nn(CN2CCN(CC(=O)Nc3ccc(F)cc3)CC2)c1=S. The Morgan fingerprint density at radius 2 is 1.82 bits per heavy atom. The number of nitrogens with zero attached hydrogens (tertiary/aromatic N) is 5. The van der Waals surface area contributed by atoms with Gasteiger partial charge in [-0.2, -0.15) is 5.10 Å². The minimum absolute atomic E-state index is 0.0823. The fourth-order valence-corrected chi connectivity index (χ4v) is 3.70. The standard InChI is InChI=1S/C19H25FN6OS/c1-23-18(14-2-3-14)22-26(19(23)28)13-25-10-8-24(9-11-25)12-17(27)21-16-6-4-15(20)5-7-16/h4-7,14H,2-3,8-13H2,1H3,(H,21,27). The molecular weight excluding hydrogens is 379 g/mol. The summed E-state index contributed by atoms with van der Waals surface area (Å²) in [5.41, 5.74) is 0.612. The lowest BCUT2D eigenvalue weighted by Crippen LogP contribution is -2.49. The van der Waals surface area contributed by atoms with E-state index < -0.39 is 0 Å². The molecule has 2 fully saturated rings. The third-order valence-corrected chi connectivity index (χ3v) is 5.80. The van der Waals surface area contributed by atoms with Gasteiger partial charge in [0.25, 0.3) is 0 Å². The molecule has 2 aromatic rings. The molecule has 1 aromatic carbocycles. The second-order valence-electron chi connectivity index (χ2n) is 7.56. The maximum absolute atomic E-state index is 12.9. The van der Waals surface area contributed by atoms with Gasteiger partial charge in [0.05, 0.1) is 13.2 Å². The van der Waals surface area contributed by atoms with Gasteiger partial charge in [0.2, 0.25) is 5.91 Å². The van der Waals surface area contributed by atoms with Crippen LogP contribution >= 0.6 is 12.2 Å². The van der Waals surface area contributed by atoms with E-state index in [1.807, 2.05) is 16.3 Å². The summed E-state index contributed by atoms with van der Waals surface area (Å²) in [4.78, 5) is 16.6. The van der Waals surface area contributed by atoms with Crippen molar-refractivity contribution in [2.45, 2.75) is 25.4 Å². The fraction of sp³-hybridized carbons (Fsp3) is 0.526. The first-order chi connectivity index (χ1) is 13.5. The zero-order valence-electron chi connectivity index (χ0n) is 16.0. The molecule has 9 heteroatoms. The highest BCUT2D eigenvalue weighted by Gasteiger charge is 2.29. The van der Waals surface area contributed by atoms with Gasteiger partial charge in [0, 0.05) is 44.8 Å². The molecule has 1 saturated heterocycles. The fourth-order valence-electron chi connectivity index (χ4n) is 3.51. The molecule has 150 valence electrons. The Morgan fingerprint density at radius 3 is 2.46 bits per heavy atom. The lowest BCUT2D eigenvalue weighted by molar-refractivity contribution is -0.117. The number of rotatable bonds is 6. The van der Waals surface area contributed by atoms with Crippen LogP contribution in [0.4, 0.5) is 10.1 Å². The summed E-state index contributed by atoms with van der Waals surface area (Å²) in [5.74, 6) is 1.28. The predicted molar refractivity (Wildman–Crippen MR) is 107 cm³/mol. The zero-order valence-corrected chi connectivity index (χ0v) is 16.8. The van der Waals surface area contributed by atoms with E-state index >= 15 is 0 Å². The largest absolute Gasteiger partial charge is 0.325 e. The first-order valence-electron chi connectivity index (χ1n) is 9.63. The minimum atomic E-state index is -0.314. The maximum atomic E-state index is 12.9. The van der Waals surface area contributed by atoms with Crippen molar-refractivity contribution >= 4 is 23.8 Å². The smallest absolute Gasteiger partial charge is 0.238 e. The van der Waals surface area contributed by atoms with Crippen molar-refractivity contribution < 1.29 is 9.18 Å². The van der Waals surface area contributed by atoms with E-state index in [9.17, 15) is 9.18 Å². The molecule has 1 saturated carbocycles. The number of carbonyl (C=O) groups excluding carboxylic acids is 1. The molecule has 2 heterocycles. The minimum Gasteiger partial charge on any atom is -0.325 e. The molecule has 7 nitrogen and oxygen atoms in total. The highest BCUT2D eigenvalue weighted by Crippen LogP contribution is 2.38. The van der Waals surface area contributed by atoms with Crippen LogP contribution in [0.15, 0.2) is 24.3 Å². The zero-order chi connectivity index (χ0) is 19.7. The first-order valence-corrected chi connectivity index (χ1v) is 10.0. The van der Waals surface area contributed by atoms with Gasteiger partial charge in [-0.25, -0.2) is 9.07 Å². The second-order valence-corrected chi connectivity index (χ2v) is 7.93. The first kappa shape index (κ1) is 19.2. The number of aromatic nitrogens is 3. The molecule has 0 spiro atoms. The highest BCUT2D eigenvalue weighted by atomic mass is 32.1. The number of piperazine rings is 1. The monoisotopic (exact) mass is 404 g/mol. The van der Waals surface area contributed by atoms with Crippen molar-refractivity contribution in [3.05, 3.63) is 40.7 Å². The van der Waals surface area contributed by atoms with E-state index in [4.69, 9.17) is 17.3 Å². The molecular formula is C19H25FN6OS. The molecule has 1 aliphatic carbocycles. The summed E-state index contributed by atoms with van der Waals surface area (Å²) in [7, 11) is 2.00. The highest BCUT2D eigenvalue weighted by molar-refractivity contribution is 7.71. The molecule has 1 aromatic heterocycles. The van der Waals surface area contributed by atoms with E-state index in [2.05, 4.69) is 15.1 Å². The van der Waals surface area contributed by atoms with Crippen molar-refractivity contribution in [2.24, 2.45) is 7.05 Å². The molecule has 1 amide bonds. The Labute approximate surface area is 168 Å². The topological polar surface area (TPSA) is 58.3 Å². The summed E-state index contributed by atoms with van der Waals surface area (Å²) in [6.45, 7) is 4.37. The number of carbonyl (C=O) groups is 1. The van der Waals surface area contributed by atoms with Crippen molar-refractivity contribution in [1.29, 1.82) is 0 Å². The van der Waals surface area contributed by atoms with Gasteiger partial charge in [0.1, 0.15) is 11.6 Å². The van der Waals surface area contributed by atoms with Gasteiger partial charge >= 0.3 is 0 Å². The molecule has 0 bridgehead atoms. The Kier molecular flexibility index (Phi) is 5.56. The van der Waals surface area contributed by atoms with Crippen LogP contribution in [0.5, 0.6) is 0 Å². The Hall–Kier alpha value is -2.10. The van der Waals surface area contributed by atoms with E-state index in [0.717, 1.165) is 36.8 Å². The van der Waals surface area contributed by atoms with Crippen LogP contribution in [-0.2, 0) is 18.5 Å². The number of amides is 1. The van der Waals surface area contributed by atoms with Gasteiger partial charge in [-0.15, -0.1) is 0 Å². The van der Waals surface area contributed by atoms with Crippen LogP contribution in [0, 0.1) is 10.6 Å². The van der Waals surface area contributed by atoms with E-state index in [0.29, 0.717) is 24.8 Å². The van der Waals surface area contributed by atoms with Crippen LogP contribution in [0.3, 0.4) is 0 Å². The molecule has 0 unspecified atom stereocenters. The summed E-state index contributed by atoms with van der Waals surface area (Å²) in [6.07, 6.45) is 2.41. The molecule has 0 atom stereocenters. The summed E-state index contributed by atoms with van der Waals surface area (Å²) >= 11 is 5.53. The number of anilines is 1. The Morgan fingerprint density at radius 1 is 1.18 bits per heavy atom. The molecule has 0 radical (unpaired) electrons. The van der Waals surface area contributed by atoms with Crippen LogP contribution in [0.25, 0.3) is 0 Å². The van der Waals surface area contributed by atoms with Gasteiger partial charge in [0.15, 0.2) is 4.77 Å². The number of hydrogen-bond donors (Lipinski definition) is 1. The van der Waals surface area contributed by atoms with Crippen molar-refractivity contribution in [1.82, 2.24) is 24.1 Å². The Bertz CT molecular complexity index is 896. The predicted octanol–water partition coefficient (Wildman–Crippen LogP) is 2.18. The molecule has 28 heavy (non-hydrogen) atoms. The summed E-state index contributed by atoms with van der Waals surface area (Å²) in [5, 5.41) is 7.52. The lowest BCUT2D eigenvalue weighted by atomic mass is 10.3. The van der Waals surface area contributed by atoms with E-state index in [1.165, 1.54) is 25.0 Å². The van der Waals surface area contributed by atoms with Crippen LogP contribution in [-0.4, -0.2) is 62.8 Å². The Balaban J connectivity index is 1.25. The van der Waals surface area contributed by atoms with Gasteiger partial charge in [-0.1, -0.05) is 0 Å². The molecule has 2 aliphatic rings. The summed E-state index contributed by atoms with van der Waals surface area (Å²) < 4.78 is 17.7. The third-order valence-electron chi connectivity index (χ3n) is 5.31. The average molecular weight is 405 g/mol. The third kappa shape index (κ3) is 4.48. The second kappa shape index (κ2) is 8.10. The average Bonchev–Trinajstić information content (AvgIpc) is 3.48. The van der Waals surface area contributed by atoms with E-state index in [1.54, 1.807) is 12.1 Å². The summed E-state index contributed by atoms with van der Waals surface area (Å²) in [6, 6.07) is 5.81.